The van der Waals surface area contributed by atoms with Gasteiger partial charge in [-0.05, 0) is 88.1 Å². The molecule has 2 aliphatic rings. The first kappa shape index (κ1) is 21.2. The number of piperidine rings is 2. The molecule has 5 nitrogen and oxygen atoms in total. The van der Waals surface area contributed by atoms with Gasteiger partial charge < -0.3 is 14.7 Å². The van der Waals surface area contributed by atoms with E-state index in [1.807, 2.05) is 11.8 Å². The van der Waals surface area contributed by atoms with Crippen molar-refractivity contribution in [3.63, 3.8) is 0 Å². The second-order valence-corrected chi connectivity index (χ2v) is 10.4. The average Bonchev–Trinajstić information content (AvgIpc) is 3.13. The molecule has 1 aromatic carbocycles. The highest BCUT2D eigenvalue weighted by Crippen LogP contribution is 2.32. The number of thiophene rings is 1. The van der Waals surface area contributed by atoms with Gasteiger partial charge in [0.15, 0.2) is 0 Å². The normalized spacial score (nSPS) is 19.6. The summed E-state index contributed by atoms with van der Waals surface area (Å²) in [5.74, 6) is 1.27. The van der Waals surface area contributed by atoms with Crippen LogP contribution in [0.3, 0.4) is 0 Å². The van der Waals surface area contributed by atoms with Gasteiger partial charge in [0.2, 0.25) is 5.91 Å². The molecule has 0 unspecified atom stereocenters. The Balaban J connectivity index is 1.36. The number of likely N-dealkylation sites (N-methyl/N-ethyl adjacent to an activating group) is 1. The predicted molar refractivity (Wildman–Crippen MR) is 128 cm³/mol. The molecule has 1 aromatic heterocycles. The number of hydrogen-bond acceptors (Lipinski definition) is 4. The van der Waals surface area contributed by atoms with E-state index in [4.69, 9.17) is 13.0 Å². The molecule has 2 aromatic rings. The monoisotopic (exact) mass is 462 g/mol. The number of rotatable bonds is 5. The molecule has 0 bridgehead atoms. The number of carbonyl (C=O) groups excluding carboxylic acids is 2. The lowest BCUT2D eigenvalue weighted by Gasteiger charge is -2.39. The maximum Gasteiger partial charge on any atom is 0.264 e. The van der Waals surface area contributed by atoms with Gasteiger partial charge in [-0.15, -0.1) is 11.3 Å². The van der Waals surface area contributed by atoms with Crippen LogP contribution >= 0.6 is 22.9 Å². The van der Waals surface area contributed by atoms with Gasteiger partial charge >= 0.3 is 0 Å². The molecule has 2 fully saturated rings. The Kier molecular flexibility index (Phi) is 6.77. The van der Waals surface area contributed by atoms with Crippen molar-refractivity contribution in [1.82, 2.24) is 14.7 Å². The molecule has 0 aliphatic carbocycles. The largest absolute Gasteiger partial charge is 0.341 e. The van der Waals surface area contributed by atoms with Gasteiger partial charge in [0.25, 0.3) is 5.91 Å². The molecule has 7 heteroatoms. The van der Waals surface area contributed by atoms with E-state index in [1.54, 1.807) is 23.1 Å². The van der Waals surface area contributed by atoms with Crippen LogP contribution in [0, 0.1) is 11.8 Å². The van der Waals surface area contributed by atoms with Crippen LogP contribution in [0.2, 0.25) is 5.02 Å². The minimum Gasteiger partial charge on any atom is -0.341 e. The molecular weight excluding hydrogens is 430 g/mol. The van der Waals surface area contributed by atoms with Gasteiger partial charge in [-0.1, -0.05) is 17.7 Å². The summed E-state index contributed by atoms with van der Waals surface area (Å²) < 4.78 is 9.24. The number of fused-ring (bicyclic) bond motifs is 1. The van der Waals surface area contributed by atoms with Crippen LogP contribution in [0.1, 0.15) is 43.6 Å². The van der Waals surface area contributed by atoms with Crippen molar-refractivity contribution in [2.75, 3.05) is 46.3 Å². The molecule has 3 heterocycles. The molecule has 2 saturated heterocycles. The highest BCUT2D eigenvalue weighted by Gasteiger charge is 2.31. The van der Waals surface area contributed by atoms with Crippen molar-refractivity contribution >= 4 is 44.8 Å². The Labute approximate surface area is 195 Å². The van der Waals surface area contributed by atoms with Crippen molar-refractivity contribution < 1.29 is 11.0 Å². The number of benzene rings is 1. The number of likely N-dealkylation sites (tertiary alicyclic amines) is 2. The highest BCUT2D eigenvalue weighted by molar-refractivity contribution is 7.20. The maximum absolute atomic E-state index is 13.2. The molecule has 0 saturated carbocycles. The molecule has 0 atom stereocenters. The van der Waals surface area contributed by atoms with Crippen molar-refractivity contribution in [3.8, 4) is 0 Å². The highest BCUT2D eigenvalue weighted by atomic mass is 35.5. The van der Waals surface area contributed by atoms with Crippen LogP contribution in [-0.2, 0) is 4.79 Å². The lowest BCUT2D eigenvalue weighted by atomic mass is 9.79. The van der Waals surface area contributed by atoms with E-state index in [0.29, 0.717) is 22.4 Å². The van der Waals surface area contributed by atoms with Crippen molar-refractivity contribution in [2.45, 2.75) is 32.6 Å². The van der Waals surface area contributed by atoms with Crippen molar-refractivity contribution in [3.05, 3.63) is 34.1 Å². The second-order valence-electron chi connectivity index (χ2n) is 8.87. The first-order chi connectivity index (χ1) is 15.4. The van der Waals surface area contributed by atoms with E-state index in [1.165, 1.54) is 37.3 Å². The summed E-state index contributed by atoms with van der Waals surface area (Å²) in [6.07, 6.45) is 4.66. The Morgan fingerprint density at radius 2 is 1.81 bits per heavy atom. The molecule has 2 aliphatic heterocycles. The summed E-state index contributed by atoms with van der Waals surface area (Å²) in [4.78, 5) is 32.4. The summed E-state index contributed by atoms with van der Waals surface area (Å²) >= 11 is 7.35. The summed E-state index contributed by atoms with van der Waals surface area (Å²) in [5.41, 5.74) is 0. The third kappa shape index (κ3) is 5.24. The summed E-state index contributed by atoms with van der Waals surface area (Å²) in [7, 11) is 2.19. The number of nitrogens with zero attached hydrogens (tertiary/aromatic N) is 3. The summed E-state index contributed by atoms with van der Waals surface area (Å²) in [5, 5.41) is 1.31. The topological polar surface area (TPSA) is 43.9 Å². The molecule has 0 spiro atoms. The van der Waals surface area contributed by atoms with E-state index in [-0.39, 0.29) is 24.4 Å². The molecule has 0 radical (unpaired) electrons. The molecular formula is C24H32ClN3O2S. The van der Waals surface area contributed by atoms with E-state index in [9.17, 15) is 9.59 Å². The first-order valence-corrected chi connectivity index (χ1v) is 12.5. The SMILES string of the molecule is [2H]c1c(C(=O)N(CC)CC(=O)N2CCC(C3CCN(C)CC3)CC2)sc2cc(Cl)ccc12. The molecule has 31 heavy (non-hydrogen) atoms. The summed E-state index contributed by atoms with van der Waals surface area (Å²) in [6.45, 7) is 6.32. The fourth-order valence-electron chi connectivity index (χ4n) is 4.89. The lowest BCUT2D eigenvalue weighted by Crippen LogP contribution is -2.47. The van der Waals surface area contributed by atoms with Crippen LogP contribution in [0.4, 0.5) is 0 Å². The quantitative estimate of drug-likeness (QED) is 0.652. The third-order valence-corrected chi connectivity index (χ3v) is 8.19. The maximum atomic E-state index is 13.2. The zero-order valence-electron chi connectivity index (χ0n) is 19.4. The van der Waals surface area contributed by atoms with E-state index >= 15 is 0 Å². The van der Waals surface area contributed by atoms with Crippen LogP contribution in [0.25, 0.3) is 10.1 Å². The number of halogens is 1. The fourth-order valence-corrected chi connectivity index (χ4v) is 6.14. The van der Waals surface area contributed by atoms with Gasteiger partial charge in [0, 0.05) is 29.4 Å². The van der Waals surface area contributed by atoms with Crippen LogP contribution < -0.4 is 0 Å². The standard InChI is InChI=1S/C24H32ClN3O2S/c1-3-27(24(30)22-14-19-4-5-20(25)15-21(19)31-22)16-23(29)28-12-8-18(9-13-28)17-6-10-26(2)11-7-17/h4-5,14-15,17-18H,3,6-13,16H2,1-2H3/i14D. The molecule has 168 valence electrons. The smallest absolute Gasteiger partial charge is 0.264 e. The Morgan fingerprint density at radius 3 is 2.45 bits per heavy atom. The zero-order chi connectivity index (χ0) is 22.8. The van der Waals surface area contributed by atoms with Gasteiger partial charge in [0.05, 0.1) is 6.25 Å². The Hall–Kier alpha value is -1.63. The average molecular weight is 463 g/mol. The lowest BCUT2D eigenvalue weighted by molar-refractivity contribution is -0.133. The van der Waals surface area contributed by atoms with Crippen LogP contribution in [0.15, 0.2) is 24.2 Å². The molecule has 0 N–H and O–H groups in total. The number of hydrogen-bond donors (Lipinski definition) is 0. The zero-order valence-corrected chi connectivity index (χ0v) is 20.0. The minimum atomic E-state index is -0.246. The number of amides is 2. The summed E-state index contributed by atoms with van der Waals surface area (Å²) in [6, 6.07) is 5.52. The predicted octanol–water partition coefficient (Wildman–Crippen LogP) is 4.60. The minimum absolute atomic E-state index is 0.0118. The van der Waals surface area contributed by atoms with Gasteiger partial charge in [-0.25, -0.2) is 0 Å². The van der Waals surface area contributed by atoms with E-state index < -0.39 is 0 Å². The van der Waals surface area contributed by atoms with E-state index in [0.717, 1.165) is 41.9 Å². The Bertz CT molecular complexity index is 981. The molecule has 2 amide bonds. The fraction of sp³-hybridized carbons (Fsp3) is 0.583. The van der Waals surface area contributed by atoms with Gasteiger partial charge in [-0.3, -0.25) is 9.59 Å². The second kappa shape index (κ2) is 9.88. The number of carbonyl (C=O) groups is 2. The third-order valence-electron chi connectivity index (χ3n) is 6.92. The Morgan fingerprint density at radius 1 is 1.16 bits per heavy atom. The van der Waals surface area contributed by atoms with Crippen LogP contribution in [-0.4, -0.2) is 72.8 Å². The first-order valence-electron chi connectivity index (χ1n) is 11.8. The van der Waals surface area contributed by atoms with Crippen molar-refractivity contribution in [1.29, 1.82) is 0 Å². The van der Waals surface area contributed by atoms with Gasteiger partial charge in [-0.2, -0.15) is 0 Å². The molecule has 4 rings (SSSR count). The van der Waals surface area contributed by atoms with Gasteiger partial charge in [0.1, 0.15) is 6.54 Å². The van der Waals surface area contributed by atoms with Crippen molar-refractivity contribution in [2.24, 2.45) is 11.8 Å². The van der Waals surface area contributed by atoms with E-state index in [2.05, 4.69) is 11.9 Å². The van der Waals surface area contributed by atoms with Crippen LogP contribution in [0.5, 0.6) is 0 Å².